The molecule has 46 heavy (non-hydrogen) atoms. The number of nitrogens with zero attached hydrogens (tertiary/aromatic N) is 4. The van der Waals surface area contributed by atoms with E-state index in [9.17, 15) is 19.2 Å². The summed E-state index contributed by atoms with van der Waals surface area (Å²) in [4.78, 5) is 60.1. The number of halogens is 4. The number of rotatable bonds is 4. The zero-order valence-corrected chi connectivity index (χ0v) is 26.7. The van der Waals surface area contributed by atoms with Crippen molar-refractivity contribution in [3.05, 3.63) is 128 Å². The fourth-order valence-electron chi connectivity index (χ4n) is 7.56. The van der Waals surface area contributed by atoms with Crippen molar-refractivity contribution in [1.29, 1.82) is 0 Å². The Morgan fingerprint density at radius 2 is 0.783 bits per heavy atom. The smallest absolute Gasteiger partial charge is 0.253 e. The molecule has 4 aromatic rings. The lowest BCUT2D eigenvalue weighted by Crippen LogP contribution is -2.50. The molecule has 0 aliphatic carbocycles. The Bertz CT molecular complexity index is 1820. The molecule has 0 bridgehead atoms. The average molecular weight is 692 g/mol. The third-order valence-corrected chi connectivity index (χ3v) is 10.8. The van der Waals surface area contributed by atoms with Crippen LogP contribution in [0.15, 0.2) is 97.1 Å². The SMILES string of the molecule is O=C1[C@@H]2[C@@H](C(=O)N1c1ccc(Cl)c(Cl)c1)N1[C@@H](c3ccccc3)[C@H]3C(=O)N(c4ccc(Cl)c(Cl)c4)C(=O)[C@@H]3N1[C@H]2c1ccccc1. The Morgan fingerprint density at radius 1 is 0.413 bits per heavy atom. The molecule has 4 amide bonds. The van der Waals surface area contributed by atoms with Crippen molar-refractivity contribution < 1.29 is 19.2 Å². The maximum absolute atomic E-state index is 14.5. The van der Waals surface area contributed by atoms with Crippen LogP contribution in [0.2, 0.25) is 20.1 Å². The minimum Gasteiger partial charge on any atom is -0.274 e. The first-order valence-electron chi connectivity index (χ1n) is 14.5. The van der Waals surface area contributed by atoms with Gasteiger partial charge in [0.05, 0.1) is 55.4 Å². The topological polar surface area (TPSA) is 81.2 Å². The molecule has 12 heteroatoms. The van der Waals surface area contributed by atoms with Crippen LogP contribution in [0, 0.1) is 11.8 Å². The van der Waals surface area contributed by atoms with E-state index < -0.39 is 59.6 Å². The second-order valence-electron chi connectivity index (χ2n) is 11.6. The van der Waals surface area contributed by atoms with Crippen LogP contribution in [0.25, 0.3) is 0 Å². The number of hydrogen-bond acceptors (Lipinski definition) is 6. The van der Waals surface area contributed by atoms with Crippen LogP contribution >= 0.6 is 46.4 Å². The van der Waals surface area contributed by atoms with E-state index >= 15 is 0 Å². The number of amides is 4. The Morgan fingerprint density at radius 3 is 1.13 bits per heavy atom. The Kier molecular flexibility index (Phi) is 7.03. The van der Waals surface area contributed by atoms with Crippen molar-refractivity contribution in [2.45, 2.75) is 24.2 Å². The van der Waals surface area contributed by atoms with E-state index in [0.29, 0.717) is 11.4 Å². The van der Waals surface area contributed by atoms with Crippen molar-refractivity contribution in [1.82, 2.24) is 10.0 Å². The molecular weight excluding hydrogens is 670 g/mol. The zero-order valence-electron chi connectivity index (χ0n) is 23.6. The van der Waals surface area contributed by atoms with Gasteiger partial charge in [-0.2, -0.15) is 0 Å². The van der Waals surface area contributed by atoms with Crippen LogP contribution in [-0.4, -0.2) is 45.7 Å². The van der Waals surface area contributed by atoms with E-state index in [-0.39, 0.29) is 20.1 Å². The predicted molar refractivity (Wildman–Crippen MR) is 175 cm³/mol. The minimum atomic E-state index is -0.998. The molecule has 4 aliphatic heterocycles. The Hall–Kier alpha value is -3.76. The van der Waals surface area contributed by atoms with Gasteiger partial charge in [-0.1, -0.05) is 107 Å². The monoisotopic (exact) mass is 690 g/mol. The van der Waals surface area contributed by atoms with Crippen molar-refractivity contribution in [2.75, 3.05) is 9.80 Å². The number of hydrazine groups is 1. The van der Waals surface area contributed by atoms with Gasteiger partial charge in [-0.05, 0) is 47.5 Å². The molecule has 8 nitrogen and oxygen atoms in total. The minimum absolute atomic E-state index is 0.203. The molecule has 0 saturated carbocycles. The molecule has 8 rings (SSSR count). The van der Waals surface area contributed by atoms with Gasteiger partial charge in [0.15, 0.2) is 0 Å². The highest BCUT2D eigenvalue weighted by molar-refractivity contribution is 6.43. The van der Waals surface area contributed by atoms with Gasteiger partial charge in [-0.3, -0.25) is 19.2 Å². The Balaban J connectivity index is 1.32. The maximum Gasteiger partial charge on any atom is 0.253 e. The molecule has 0 aromatic heterocycles. The number of carbonyl (C=O) groups excluding carboxylic acids is 4. The van der Waals surface area contributed by atoms with Gasteiger partial charge in [0, 0.05) is 0 Å². The largest absolute Gasteiger partial charge is 0.274 e. The standard InChI is InChI=1S/C34H22Cl4N4O4/c35-21-13-11-19(15-23(21)37)39-31(43)25-27(17-7-3-1-4-8-17)41-30-26(28(18-9-5-2-6-10-18)42(41)29(25)33(39)45)32(44)40(34(30)46)20-12-14-22(36)24(38)16-20/h1-16,25-30H/t25-,26+,27-,28-,29-,30+/m0/s1. The van der Waals surface area contributed by atoms with E-state index in [1.807, 2.05) is 70.7 Å². The van der Waals surface area contributed by atoms with Crippen molar-refractivity contribution in [2.24, 2.45) is 11.8 Å². The molecule has 0 spiro atoms. The van der Waals surface area contributed by atoms with E-state index in [1.54, 1.807) is 12.1 Å². The third kappa shape index (κ3) is 4.15. The normalized spacial score (nSPS) is 27.5. The average Bonchev–Trinajstić information content (AvgIpc) is 3.72. The second kappa shape index (κ2) is 10.9. The predicted octanol–water partition coefficient (Wildman–Crippen LogP) is 6.75. The zero-order chi connectivity index (χ0) is 32.0. The summed E-state index contributed by atoms with van der Waals surface area (Å²) >= 11 is 24.9. The molecule has 4 fully saturated rings. The van der Waals surface area contributed by atoms with Crippen molar-refractivity contribution in [3.8, 4) is 0 Å². The summed E-state index contributed by atoms with van der Waals surface area (Å²) in [6, 6.07) is 24.3. The van der Waals surface area contributed by atoms with E-state index in [2.05, 4.69) is 0 Å². The number of imide groups is 2. The van der Waals surface area contributed by atoms with Gasteiger partial charge in [0.2, 0.25) is 11.8 Å². The summed E-state index contributed by atoms with van der Waals surface area (Å²) < 4.78 is 0. The van der Waals surface area contributed by atoms with Gasteiger partial charge >= 0.3 is 0 Å². The molecular formula is C34H22Cl4N4O4. The highest BCUT2D eigenvalue weighted by Gasteiger charge is 2.73. The first-order chi connectivity index (χ1) is 22.2. The van der Waals surface area contributed by atoms with Crippen LogP contribution in [-0.2, 0) is 19.2 Å². The van der Waals surface area contributed by atoms with Gasteiger partial charge in [-0.15, -0.1) is 0 Å². The molecule has 4 aliphatic rings. The molecule has 0 unspecified atom stereocenters. The van der Waals surface area contributed by atoms with Crippen LogP contribution in [0.3, 0.4) is 0 Å². The summed E-state index contributed by atoms with van der Waals surface area (Å²) in [5, 5.41) is 4.61. The number of benzene rings is 4. The number of fused-ring (bicyclic) bond motifs is 5. The van der Waals surface area contributed by atoms with Crippen molar-refractivity contribution >= 4 is 81.4 Å². The van der Waals surface area contributed by atoms with Gasteiger partial charge in [-0.25, -0.2) is 19.8 Å². The maximum atomic E-state index is 14.5. The summed E-state index contributed by atoms with van der Waals surface area (Å²) in [5.41, 5.74) is 2.06. The Labute approximate surface area is 283 Å². The molecule has 4 saturated heterocycles. The first kappa shape index (κ1) is 29.6. The molecule has 4 heterocycles. The van der Waals surface area contributed by atoms with Gasteiger partial charge in [0.1, 0.15) is 12.1 Å². The fraction of sp³-hybridized carbons (Fsp3) is 0.176. The van der Waals surface area contributed by atoms with Crippen LogP contribution in [0.4, 0.5) is 11.4 Å². The summed E-state index contributed by atoms with van der Waals surface area (Å²) in [6.45, 7) is 0. The lowest BCUT2D eigenvalue weighted by Gasteiger charge is -2.35. The lowest BCUT2D eigenvalue weighted by atomic mass is 9.84. The molecule has 6 atom stereocenters. The first-order valence-corrected chi connectivity index (χ1v) is 16.0. The van der Waals surface area contributed by atoms with E-state index in [1.165, 1.54) is 24.3 Å². The van der Waals surface area contributed by atoms with Crippen LogP contribution < -0.4 is 9.80 Å². The van der Waals surface area contributed by atoms with Crippen molar-refractivity contribution in [3.63, 3.8) is 0 Å². The molecule has 0 N–H and O–H groups in total. The van der Waals surface area contributed by atoms with Gasteiger partial charge < -0.3 is 0 Å². The molecule has 4 aromatic carbocycles. The summed E-state index contributed by atoms with van der Waals surface area (Å²) in [7, 11) is 0. The molecule has 0 radical (unpaired) electrons. The fourth-order valence-corrected chi connectivity index (χ4v) is 8.14. The summed E-state index contributed by atoms with van der Waals surface area (Å²) in [5.74, 6) is -3.59. The highest BCUT2D eigenvalue weighted by Crippen LogP contribution is 2.59. The summed E-state index contributed by atoms with van der Waals surface area (Å²) in [6.07, 6.45) is 0. The van der Waals surface area contributed by atoms with E-state index in [4.69, 9.17) is 46.4 Å². The number of carbonyl (C=O) groups is 4. The number of anilines is 2. The molecule has 230 valence electrons. The number of hydrogen-bond donors (Lipinski definition) is 0. The van der Waals surface area contributed by atoms with Crippen LogP contribution in [0.5, 0.6) is 0 Å². The second-order valence-corrected chi connectivity index (χ2v) is 13.3. The quantitative estimate of drug-likeness (QED) is 0.221. The third-order valence-electron chi connectivity index (χ3n) is 9.33. The lowest BCUT2D eigenvalue weighted by molar-refractivity contribution is -0.136. The van der Waals surface area contributed by atoms with E-state index in [0.717, 1.165) is 20.9 Å². The highest BCUT2D eigenvalue weighted by atomic mass is 35.5. The van der Waals surface area contributed by atoms with Crippen LogP contribution in [0.1, 0.15) is 23.2 Å². The van der Waals surface area contributed by atoms with Gasteiger partial charge in [0.25, 0.3) is 11.8 Å².